The number of benzene rings is 1. The summed E-state index contributed by atoms with van der Waals surface area (Å²) in [6.45, 7) is 3.46. The normalized spacial score (nSPS) is 29.4. The lowest BCUT2D eigenvalue weighted by Gasteiger charge is -2.36. The molecule has 0 N–H and O–H groups in total. The molecule has 0 saturated heterocycles. The van der Waals surface area contributed by atoms with Gasteiger partial charge in [-0.15, -0.1) is 0 Å². The highest BCUT2D eigenvalue weighted by Crippen LogP contribution is 2.53. The van der Waals surface area contributed by atoms with Crippen molar-refractivity contribution >= 4 is 11.9 Å². The van der Waals surface area contributed by atoms with Gasteiger partial charge in [0.25, 0.3) is 0 Å². The van der Waals surface area contributed by atoms with Crippen molar-refractivity contribution in [3.05, 3.63) is 48.6 Å². The van der Waals surface area contributed by atoms with Gasteiger partial charge >= 0.3 is 11.9 Å². The van der Waals surface area contributed by atoms with Crippen molar-refractivity contribution in [2.45, 2.75) is 50.7 Å². The maximum Gasteiger partial charge on any atom is 0.338 e. The van der Waals surface area contributed by atoms with Gasteiger partial charge in [-0.25, -0.2) is 9.59 Å². The average molecular weight is 314 g/mol. The largest absolute Gasteiger partial charge is 0.458 e. The number of ether oxygens (including phenoxy) is 2. The lowest BCUT2D eigenvalue weighted by Crippen LogP contribution is -2.42. The van der Waals surface area contributed by atoms with E-state index in [-0.39, 0.29) is 23.6 Å². The Bertz CT molecular complexity index is 591. The Kier molecular flexibility index (Phi) is 4.51. The molecule has 2 saturated carbocycles. The van der Waals surface area contributed by atoms with E-state index in [0.717, 1.165) is 38.5 Å². The van der Waals surface area contributed by atoms with Gasteiger partial charge in [-0.3, -0.25) is 0 Å². The third-order valence-corrected chi connectivity index (χ3v) is 5.18. The summed E-state index contributed by atoms with van der Waals surface area (Å²) in [5.74, 6) is -0.686. The highest BCUT2D eigenvalue weighted by Gasteiger charge is 2.54. The maximum atomic E-state index is 12.4. The minimum Gasteiger partial charge on any atom is -0.458 e. The van der Waals surface area contributed by atoms with Crippen LogP contribution in [0.3, 0.4) is 0 Å². The third kappa shape index (κ3) is 3.03. The standard InChI is InChI=1S/C19H22O4/c1-2-17(20)22-15-10-6-12-19(15)13-7-11-16(19)23-18(21)14-8-4-3-5-9-14/h2-5,8-9,15-16H,1,6-7,10-13H2/t15-,16-,19-/m1/s1. The fourth-order valence-corrected chi connectivity index (χ4v) is 4.10. The third-order valence-electron chi connectivity index (χ3n) is 5.18. The molecule has 2 fully saturated rings. The van der Waals surface area contributed by atoms with E-state index in [0.29, 0.717) is 5.56 Å². The zero-order valence-electron chi connectivity index (χ0n) is 13.2. The van der Waals surface area contributed by atoms with E-state index in [1.54, 1.807) is 12.1 Å². The SMILES string of the molecule is C=CC(=O)O[C@@H]1CCC[C@@]12CCC[C@H]2OC(=O)c1ccccc1. The highest BCUT2D eigenvalue weighted by atomic mass is 16.6. The fourth-order valence-electron chi connectivity index (χ4n) is 4.10. The van der Waals surface area contributed by atoms with Crippen LogP contribution in [-0.2, 0) is 14.3 Å². The van der Waals surface area contributed by atoms with E-state index in [2.05, 4.69) is 6.58 Å². The van der Waals surface area contributed by atoms with Gasteiger partial charge in [0.05, 0.1) is 5.56 Å². The molecule has 0 heterocycles. The summed E-state index contributed by atoms with van der Waals surface area (Å²) >= 11 is 0. The Morgan fingerprint density at radius 1 is 1.04 bits per heavy atom. The molecule has 1 spiro atoms. The first kappa shape index (κ1) is 15.8. The highest BCUT2D eigenvalue weighted by molar-refractivity contribution is 5.89. The molecule has 122 valence electrons. The van der Waals surface area contributed by atoms with Gasteiger partial charge in [0.15, 0.2) is 0 Å². The number of hydrogen-bond donors (Lipinski definition) is 0. The van der Waals surface area contributed by atoms with Gasteiger partial charge in [0.2, 0.25) is 0 Å². The van der Waals surface area contributed by atoms with Crippen LogP contribution < -0.4 is 0 Å². The molecule has 4 nitrogen and oxygen atoms in total. The zero-order valence-corrected chi connectivity index (χ0v) is 13.2. The van der Waals surface area contributed by atoms with Crippen molar-refractivity contribution in [1.82, 2.24) is 0 Å². The van der Waals surface area contributed by atoms with Crippen molar-refractivity contribution in [2.75, 3.05) is 0 Å². The van der Waals surface area contributed by atoms with Crippen LogP contribution in [0.4, 0.5) is 0 Å². The van der Waals surface area contributed by atoms with E-state index in [9.17, 15) is 9.59 Å². The molecule has 2 aliphatic rings. The average Bonchev–Trinajstić information content (AvgIpc) is 3.16. The summed E-state index contributed by atoms with van der Waals surface area (Å²) in [4.78, 5) is 24.0. The van der Waals surface area contributed by atoms with E-state index < -0.39 is 5.97 Å². The first-order valence-corrected chi connectivity index (χ1v) is 8.25. The van der Waals surface area contributed by atoms with Gasteiger partial charge < -0.3 is 9.47 Å². The lowest BCUT2D eigenvalue weighted by molar-refractivity contribution is -0.152. The fraction of sp³-hybridized carbons (Fsp3) is 0.474. The van der Waals surface area contributed by atoms with Crippen LogP contribution in [0.5, 0.6) is 0 Å². The van der Waals surface area contributed by atoms with Crippen LogP contribution in [0, 0.1) is 5.41 Å². The molecule has 4 heteroatoms. The smallest absolute Gasteiger partial charge is 0.338 e. The number of carbonyl (C=O) groups is 2. The van der Waals surface area contributed by atoms with Crippen molar-refractivity contribution in [1.29, 1.82) is 0 Å². The van der Waals surface area contributed by atoms with E-state index in [1.807, 2.05) is 18.2 Å². The van der Waals surface area contributed by atoms with Crippen LogP contribution in [0.15, 0.2) is 43.0 Å². The Labute approximate surface area is 136 Å². The summed E-state index contributed by atoms with van der Waals surface area (Å²) in [6.07, 6.45) is 6.38. The quantitative estimate of drug-likeness (QED) is 0.628. The van der Waals surface area contributed by atoms with Crippen molar-refractivity contribution in [3.63, 3.8) is 0 Å². The van der Waals surface area contributed by atoms with Crippen LogP contribution in [0.1, 0.15) is 48.9 Å². The summed E-state index contributed by atoms with van der Waals surface area (Å²) < 4.78 is 11.4. The predicted octanol–water partition coefficient (Wildman–Crippen LogP) is 3.66. The van der Waals surface area contributed by atoms with E-state index in [4.69, 9.17) is 9.47 Å². The Balaban J connectivity index is 1.75. The number of carbonyl (C=O) groups excluding carboxylic acids is 2. The van der Waals surface area contributed by atoms with Crippen molar-refractivity contribution in [3.8, 4) is 0 Å². The lowest BCUT2D eigenvalue weighted by atomic mass is 9.80. The zero-order chi connectivity index (χ0) is 16.3. The predicted molar refractivity (Wildman–Crippen MR) is 85.9 cm³/mol. The Morgan fingerprint density at radius 2 is 1.65 bits per heavy atom. The van der Waals surface area contributed by atoms with Crippen LogP contribution in [-0.4, -0.2) is 24.1 Å². The molecule has 0 aromatic heterocycles. The molecular formula is C19H22O4. The molecule has 0 bridgehead atoms. The summed E-state index contributed by atoms with van der Waals surface area (Å²) in [5, 5.41) is 0. The Morgan fingerprint density at radius 3 is 2.26 bits per heavy atom. The monoisotopic (exact) mass is 314 g/mol. The van der Waals surface area contributed by atoms with Gasteiger partial charge in [-0.2, -0.15) is 0 Å². The van der Waals surface area contributed by atoms with Crippen LogP contribution in [0.2, 0.25) is 0 Å². The first-order chi connectivity index (χ1) is 11.2. The second-order valence-corrected chi connectivity index (χ2v) is 6.41. The van der Waals surface area contributed by atoms with E-state index in [1.165, 1.54) is 6.08 Å². The molecule has 1 aromatic carbocycles. The molecule has 3 rings (SSSR count). The molecule has 2 aliphatic carbocycles. The Hall–Kier alpha value is -2.10. The second kappa shape index (κ2) is 6.57. The minimum atomic E-state index is -0.392. The van der Waals surface area contributed by atoms with Crippen molar-refractivity contribution < 1.29 is 19.1 Å². The molecule has 3 atom stereocenters. The first-order valence-electron chi connectivity index (χ1n) is 8.25. The number of rotatable bonds is 4. The summed E-state index contributed by atoms with van der Waals surface area (Å²) in [6, 6.07) is 9.04. The second-order valence-electron chi connectivity index (χ2n) is 6.41. The van der Waals surface area contributed by atoms with Gasteiger partial charge in [-0.05, 0) is 50.7 Å². The molecule has 0 unspecified atom stereocenters. The summed E-state index contributed by atoms with van der Waals surface area (Å²) in [7, 11) is 0. The molecule has 23 heavy (non-hydrogen) atoms. The molecule has 1 aromatic rings. The maximum absolute atomic E-state index is 12.4. The van der Waals surface area contributed by atoms with Crippen molar-refractivity contribution in [2.24, 2.45) is 5.41 Å². The summed E-state index contributed by atoms with van der Waals surface area (Å²) in [5.41, 5.74) is 0.343. The topological polar surface area (TPSA) is 52.6 Å². The van der Waals surface area contributed by atoms with Crippen LogP contribution in [0.25, 0.3) is 0 Å². The number of esters is 2. The minimum absolute atomic E-state index is 0.177. The molecule has 0 amide bonds. The van der Waals surface area contributed by atoms with Gasteiger partial charge in [0.1, 0.15) is 12.2 Å². The molecular weight excluding hydrogens is 292 g/mol. The van der Waals surface area contributed by atoms with Gasteiger partial charge in [0, 0.05) is 11.5 Å². The molecule has 0 aliphatic heterocycles. The van der Waals surface area contributed by atoms with Crippen LogP contribution >= 0.6 is 0 Å². The molecule has 0 radical (unpaired) electrons. The number of hydrogen-bond acceptors (Lipinski definition) is 4. The van der Waals surface area contributed by atoms with Gasteiger partial charge in [-0.1, -0.05) is 24.8 Å². The van der Waals surface area contributed by atoms with E-state index >= 15 is 0 Å².